The van der Waals surface area contributed by atoms with Crippen LogP contribution in [0.2, 0.25) is 0 Å². The van der Waals surface area contributed by atoms with E-state index in [1.807, 2.05) is 25.3 Å². The smallest absolute Gasteiger partial charge is 0.195 e. The topological polar surface area (TPSA) is 17.1 Å². The maximum Gasteiger partial charge on any atom is 0.195 e. The van der Waals surface area contributed by atoms with E-state index in [2.05, 4.69) is 0 Å². The first-order chi connectivity index (χ1) is 8.61. The first-order valence-electron chi connectivity index (χ1n) is 5.56. The Hall–Kier alpha value is -1.61. The molecule has 3 heteroatoms. The molecule has 0 saturated carbocycles. The van der Waals surface area contributed by atoms with Crippen LogP contribution in [0.3, 0.4) is 0 Å². The lowest BCUT2D eigenvalue weighted by Gasteiger charge is -2.05. The lowest BCUT2D eigenvalue weighted by molar-refractivity contribution is 0.103. The summed E-state index contributed by atoms with van der Waals surface area (Å²) in [6.07, 6.45) is 1.97. The van der Waals surface area contributed by atoms with Crippen molar-refractivity contribution in [3.8, 4) is 0 Å². The van der Waals surface area contributed by atoms with Crippen molar-refractivity contribution >= 4 is 17.5 Å². The zero-order chi connectivity index (χ0) is 13.1. The van der Waals surface area contributed by atoms with Gasteiger partial charge in [0.05, 0.1) is 5.56 Å². The van der Waals surface area contributed by atoms with Crippen molar-refractivity contribution in [1.82, 2.24) is 0 Å². The minimum absolute atomic E-state index is 0.131. The summed E-state index contributed by atoms with van der Waals surface area (Å²) < 4.78 is 13.6. The maximum absolute atomic E-state index is 13.6. The highest BCUT2D eigenvalue weighted by molar-refractivity contribution is 7.98. The Labute approximate surface area is 110 Å². The van der Waals surface area contributed by atoms with Crippen LogP contribution in [0.5, 0.6) is 0 Å². The van der Waals surface area contributed by atoms with E-state index < -0.39 is 5.82 Å². The van der Waals surface area contributed by atoms with Crippen LogP contribution in [0, 0.1) is 12.7 Å². The standard InChI is InChI=1S/C15H13FOS/c1-10-3-8-14(16)13(9-10)15(17)11-4-6-12(18-2)7-5-11/h3-9H,1-2H3. The zero-order valence-corrected chi connectivity index (χ0v) is 11.1. The highest BCUT2D eigenvalue weighted by Gasteiger charge is 2.13. The molecular formula is C15H13FOS. The molecule has 0 aliphatic heterocycles. The predicted octanol–water partition coefficient (Wildman–Crippen LogP) is 4.09. The molecule has 2 rings (SSSR count). The molecule has 0 unspecified atom stereocenters. The van der Waals surface area contributed by atoms with E-state index in [0.29, 0.717) is 5.56 Å². The molecule has 2 aromatic rings. The van der Waals surface area contributed by atoms with Crippen LogP contribution in [-0.4, -0.2) is 12.0 Å². The zero-order valence-electron chi connectivity index (χ0n) is 10.2. The highest BCUT2D eigenvalue weighted by atomic mass is 32.2. The number of hydrogen-bond donors (Lipinski definition) is 0. The van der Waals surface area contributed by atoms with Gasteiger partial charge in [0.1, 0.15) is 5.82 Å². The van der Waals surface area contributed by atoms with Gasteiger partial charge in [-0.25, -0.2) is 4.39 Å². The summed E-state index contributed by atoms with van der Waals surface area (Å²) in [4.78, 5) is 13.3. The number of carbonyl (C=O) groups is 1. The Morgan fingerprint density at radius 2 is 1.78 bits per heavy atom. The lowest BCUT2D eigenvalue weighted by Crippen LogP contribution is -2.04. The van der Waals surface area contributed by atoms with E-state index in [1.165, 1.54) is 6.07 Å². The van der Waals surface area contributed by atoms with E-state index >= 15 is 0 Å². The van der Waals surface area contributed by atoms with E-state index in [0.717, 1.165) is 10.5 Å². The van der Waals surface area contributed by atoms with Gasteiger partial charge in [-0.2, -0.15) is 0 Å². The Balaban J connectivity index is 2.38. The maximum atomic E-state index is 13.6. The second-order valence-electron chi connectivity index (χ2n) is 4.04. The van der Waals surface area contributed by atoms with Crippen molar-refractivity contribution < 1.29 is 9.18 Å². The summed E-state index contributed by atoms with van der Waals surface area (Å²) in [5.74, 6) is -0.747. The molecule has 0 aromatic heterocycles. The van der Waals surface area contributed by atoms with Crippen LogP contribution in [0.15, 0.2) is 47.4 Å². The second-order valence-corrected chi connectivity index (χ2v) is 4.92. The van der Waals surface area contributed by atoms with Crippen LogP contribution in [0.4, 0.5) is 4.39 Å². The number of carbonyl (C=O) groups excluding carboxylic acids is 1. The van der Waals surface area contributed by atoms with E-state index in [9.17, 15) is 9.18 Å². The third-order valence-corrected chi connectivity index (χ3v) is 3.46. The van der Waals surface area contributed by atoms with Crippen LogP contribution in [-0.2, 0) is 0 Å². The van der Waals surface area contributed by atoms with Gasteiger partial charge in [0, 0.05) is 10.5 Å². The number of rotatable bonds is 3. The Bertz CT molecular complexity index is 576. The molecule has 2 aromatic carbocycles. The van der Waals surface area contributed by atoms with Crippen molar-refractivity contribution in [2.75, 3.05) is 6.26 Å². The molecule has 18 heavy (non-hydrogen) atoms. The fraction of sp³-hybridized carbons (Fsp3) is 0.133. The molecule has 0 heterocycles. The average molecular weight is 260 g/mol. The van der Waals surface area contributed by atoms with Gasteiger partial charge in [-0.15, -0.1) is 11.8 Å². The van der Waals surface area contributed by atoms with Gasteiger partial charge in [0.25, 0.3) is 0 Å². The van der Waals surface area contributed by atoms with Crippen molar-refractivity contribution in [3.05, 3.63) is 65.0 Å². The number of hydrogen-bond acceptors (Lipinski definition) is 2. The number of thioether (sulfide) groups is 1. The molecule has 0 fully saturated rings. The molecule has 0 saturated heterocycles. The Kier molecular flexibility index (Phi) is 3.82. The summed E-state index contributed by atoms with van der Waals surface area (Å²) in [5.41, 5.74) is 1.52. The molecular weight excluding hydrogens is 247 g/mol. The summed E-state index contributed by atoms with van der Waals surface area (Å²) in [5, 5.41) is 0. The third-order valence-electron chi connectivity index (χ3n) is 2.72. The van der Waals surface area contributed by atoms with Crippen LogP contribution >= 0.6 is 11.8 Å². The van der Waals surface area contributed by atoms with E-state index in [1.54, 1.807) is 36.0 Å². The summed E-state index contributed by atoms with van der Waals surface area (Å²) >= 11 is 1.61. The minimum Gasteiger partial charge on any atom is -0.288 e. The van der Waals surface area contributed by atoms with Gasteiger partial charge in [0.2, 0.25) is 0 Å². The molecule has 0 bridgehead atoms. The number of halogens is 1. The number of benzene rings is 2. The van der Waals surface area contributed by atoms with Crippen molar-refractivity contribution in [2.45, 2.75) is 11.8 Å². The van der Waals surface area contributed by atoms with Gasteiger partial charge in [-0.1, -0.05) is 11.6 Å². The molecule has 92 valence electrons. The average Bonchev–Trinajstić information content (AvgIpc) is 2.41. The van der Waals surface area contributed by atoms with E-state index in [4.69, 9.17) is 0 Å². The van der Waals surface area contributed by atoms with Crippen LogP contribution in [0.25, 0.3) is 0 Å². The van der Waals surface area contributed by atoms with Gasteiger partial charge in [-0.05, 0) is 49.6 Å². The predicted molar refractivity (Wildman–Crippen MR) is 72.8 cm³/mol. The van der Waals surface area contributed by atoms with Crippen LogP contribution in [0.1, 0.15) is 21.5 Å². The molecule has 0 amide bonds. The lowest BCUT2D eigenvalue weighted by atomic mass is 10.0. The highest BCUT2D eigenvalue weighted by Crippen LogP contribution is 2.19. The number of aryl methyl sites for hydroxylation is 1. The molecule has 0 N–H and O–H groups in total. The quantitative estimate of drug-likeness (QED) is 0.611. The fourth-order valence-electron chi connectivity index (χ4n) is 1.71. The molecule has 0 spiro atoms. The fourth-order valence-corrected chi connectivity index (χ4v) is 2.12. The third kappa shape index (κ3) is 2.62. The summed E-state index contributed by atoms with van der Waals surface area (Å²) in [6, 6.07) is 11.8. The second kappa shape index (κ2) is 5.36. The molecule has 0 atom stereocenters. The first-order valence-corrected chi connectivity index (χ1v) is 6.79. The SMILES string of the molecule is CSc1ccc(C(=O)c2cc(C)ccc2F)cc1. The molecule has 0 radical (unpaired) electrons. The largest absolute Gasteiger partial charge is 0.288 e. The Morgan fingerprint density at radius 1 is 1.11 bits per heavy atom. The van der Waals surface area contributed by atoms with Crippen molar-refractivity contribution in [2.24, 2.45) is 0 Å². The Morgan fingerprint density at radius 3 is 2.39 bits per heavy atom. The van der Waals surface area contributed by atoms with Crippen LogP contribution < -0.4 is 0 Å². The molecule has 1 nitrogen and oxygen atoms in total. The minimum atomic E-state index is -0.473. The number of ketones is 1. The summed E-state index contributed by atoms with van der Waals surface area (Å²) in [7, 11) is 0. The first kappa shape index (κ1) is 12.8. The van der Waals surface area contributed by atoms with E-state index in [-0.39, 0.29) is 11.3 Å². The normalized spacial score (nSPS) is 10.4. The monoisotopic (exact) mass is 260 g/mol. The van der Waals surface area contributed by atoms with Gasteiger partial charge in [0.15, 0.2) is 5.78 Å². The molecule has 0 aliphatic carbocycles. The van der Waals surface area contributed by atoms with Crippen molar-refractivity contribution in [1.29, 1.82) is 0 Å². The summed E-state index contributed by atoms with van der Waals surface area (Å²) in [6.45, 7) is 1.84. The van der Waals surface area contributed by atoms with Gasteiger partial charge < -0.3 is 0 Å². The van der Waals surface area contributed by atoms with Gasteiger partial charge in [-0.3, -0.25) is 4.79 Å². The molecule has 0 aliphatic rings. The van der Waals surface area contributed by atoms with Crippen molar-refractivity contribution in [3.63, 3.8) is 0 Å². The van der Waals surface area contributed by atoms with Gasteiger partial charge >= 0.3 is 0 Å².